The number of rotatable bonds is 2. The average Bonchev–Trinajstić information content (AvgIpc) is 2.04. The third kappa shape index (κ3) is 1.88. The maximum atomic E-state index is 11.9. The number of aliphatic hydroxyl groups is 1. The minimum atomic E-state index is -1.13. The summed E-state index contributed by atoms with van der Waals surface area (Å²) in [5.74, 6) is 0. The fourth-order valence-electron chi connectivity index (χ4n) is 0.739. The van der Waals surface area contributed by atoms with Crippen molar-refractivity contribution in [3.63, 3.8) is 0 Å². The lowest BCUT2D eigenvalue weighted by Gasteiger charge is -2.06. The summed E-state index contributed by atoms with van der Waals surface area (Å²) in [4.78, 5) is 3.70. The Morgan fingerprint density at radius 3 is 3.00 bits per heavy atom. The third-order valence-electron chi connectivity index (χ3n) is 1.31. The molecule has 0 amide bonds. The Balaban J connectivity index is 2.93. The maximum Gasteiger partial charge on any atom is 0.120 e. The van der Waals surface area contributed by atoms with Gasteiger partial charge in [-0.1, -0.05) is 11.6 Å². The zero-order valence-corrected chi connectivity index (χ0v) is 6.42. The van der Waals surface area contributed by atoms with Crippen LogP contribution in [-0.4, -0.2) is 16.8 Å². The van der Waals surface area contributed by atoms with Crippen LogP contribution in [0.1, 0.15) is 11.7 Å². The van der Waals surface area contributed by atoms with Gasteiger partial charge in [0.05, 0.1) is 5.02 Å². The molecular weight excluding hydrogens is 169 g/mol. The zero-order chi connectivity index (χ0) is 8.27. The first-order chi connectivity index (χ1) is 5.25. The van der Waals surface area contributed by atoms with Gasteiger partial charge in [0.2, 0.25) is 0 Å². The predicted molar refractivity (Wildman–Crippen MR) is 40.2 cm³/mol. The van der Waals surface area contributed by atoms with Gasteiger partial charge in [-0.05, 0) is 6.07 Å². The van der Waals surface area contributed by atoms with E-state index in [9.17, 15) is 4.39 Å². The summed E-state index contributed by atoms with van der Waals surface area (Å²) >= 11 is 5.61. The Bertz CT molecular complexity index is 244. The highest BCUT2D eigenvalue weighted by molar-refractivity contribution is 6.31. The largest absolute Gasteiger partial charge is 0.386 e. The molecule has 0 fully saturated rings. The molecule has 11 heavy (non-hydrogen) atoms. The van der Waals surface area contributed by atoms with Crippen LogP contribution in [0, 0.1) is 0 Å². The number of pyridine rings is 1. The normalized spacial score (nSPS) is 13.0. The lowest BCUT2D eigenvalue weighted by Crippen LogP contribution is -1.99. The van der Waals surface area contributed by atoms with Crippen molar-refractivity contribution in [3.8, 4) is 0 Å². The van der Waals surface area contributed by atoms with Gasteiger partial charge in [0.25, 0.3) is 0 Å². The molecule has 0 radical (unpaired) electrons. The molecule has 0 aliphatic carbocycles. The standard InChI is InChI=1S/C7H7ClFNO/c8-6-4-10-2-1-5(6)7(11)3-9/h1-2,4,7,11H,3H2. The van der Waals surface area contributed by atoms with Crippen LogP contribution in [0.4, 0.5) is 4.39 Å². The van der Waals surface area contributed by atoms with Crippen molar-refractivity contribution in [3.05, 3.63) is 29.0 Å². The number of hydrogen-bond acceptors (Lipinski definition) is 2. The monoisotopic (exact) mass is 175 g/mol. The summed E-state index contributed by atoms with van der Waals surface area (Å²) in [6, 6.07) is 1.49. The predicted octanol–water partition coefficient (Wildman–Crippen LogP) is 1.74. The molecule has 0 saturated heterocycles. The molecule has 1 aromatic rings. The van der Waals surface area contributed by atoms with Crippen LogP contribution in [0.15, 0.2) is 18.5 Å². The van der Waals surface area contributed by atoms with Gasteiger partial charge in [0, 0.05) is 18.0 Å². The number of alkyl halides is 1. The first kappa shape index (κ1) is 8.43. The van der Waals surface area contributed by atoms with Gasteiger partial charge in [-0.3, -0.25) is 4.98 Å². The van der Waals surface area contributed by atoms with Crippen LogP contribution in [0.5, 0.6) is 0 Å². The Morgan fingerprint density at radius 2 is 2.45 bits per heavy atom. The highest BCUT2D eigenvalue weighted by atomic mass is 35.5. The van der Waals surface area contributed by atoms with E-state index in [1.165, 1.54) is 18.5 Å². The second-order valence-electron chi connectivity index (χ2n) is 2.07. The van der Waals surface area contributed by atoms with Crippen molar-refractivity contribution >= 4 is 11.6 Å². The molecule has 60 valence electrons. The van der Waals surface area contributed by atoms with Gasteiger partial charge >= 0.3 is 0 Å². The molecule has 2 nitrogen and oxygen atoms in total. The fourth-order valence-corrected chi connectivity index (χ4v) is 0.985. The molecule has 4 heteroatoms. The molecule has 1 aromatic heterocycles. The van der Waals surface area contributed by atoms with E-state index in [2.05, 4.69) is 4.98 Å². The number of aliphatic hydroxyl groups excluding tert-OH is 1. The van der Waals surface area contributed by atoms with Gasteiger partial charge in [-0.25, -0.2) is 4.39 Å². The van der Waals surface area contributed by atoms with E-state index in [0.717, 1.165) is 0 Å². The lowest BCUT2D eigenvalue weighted by molar-refractivity contribution is 0.142. The van der Waals surface area contributed by atoms with Crippen molar-refractivity contribution in [2.45, 2.75) is 6.10 Å². The molecule has 0 aromatic carbocycles. The molecule has 1 heterocycles. The summed E-state index contributed by atoms with van der Waals surface area (Å²) in [6.45, 7) is -0.830. The number of hydrogen-bond donors (Lipinski definition) is 1. The van der Waals surface area contributed by atoms with Crippen LogP contribution in [-0.2, 0) is 0 Å². The van der Waals surface area contributed by atoms with Gasteiger partial charge in [0.15, 0.2) is 0 Å². The SMILES string of the molecule is OC(CF)c1ccncc1Cl. The molecule has 0 bridgehead atoms. The van der Waals surface area contributed by atoms with Crippen LogP contribution in [0.3, 0.4) is 0 Å². The second-order valence-corrected chi connectivity index (χ2v) is 2.47. The third-order valence-corrected chi connectivity index (χ3v) is 1.62. The highest BCUT2D eigenvalue weighted by Crippen LogP contribution is 2.21. The van der Waals surface area contributed by atoms with Gasteiger partial charge < -0.3 is 5.11 Å². The summed E-state index contributed by atoms with van der Waals surface area (Å²) < 4.78 is 11.9. The maximum absolute atomic E-state index is 11.9. The number of nitrogens with zero attached hydrogens (tertiary/aromatic N) is 1. The lowest BCUT2D eigenvalue weighted by atomic mass is 10.2. The summed E-state index contributed by atoms with van der Waals surface area (Å²) in [7, 11) is 0. The smallest absolute Gasteiger partial charge is 0.120 e. The molecule has 1 rings (SSSR count). The Kier molecular flexibility index (Phi) is 2.79. The Hall–Kier alpha value is -0.670. The van der Waals surface area contributed by atoms with Crippen LogP contribution < -0.4 is 0 Å². The van der Waals surface area contributed by atoms with E-state index in [1.807, 2.05) is 0 Å². The van der Waals surface area contributed by atoms with E-state index in [0.29, 0.717) is 5.56 Å². The fraction of sp³-hybridized carbons (Fsp3) is 0.286. The molecule has 1 atom stereocenters. The molecular formula is C7H7ClFNO. The number of aromatic nitrogens is 1. The van der Waals surface area contributed by atoms with E-state index < -0.39 is 12.8 Å². The molecule has 1 N–H and O–H groups in total. The van der Waals surface area contributed by atoms with Crippen LogP contribution in [0.25, 0.3) is 0 Å². The first-order valence-electron chi connectivity index (χ1n) is 3.09. The second kappa shape index (κ2) is 3.64. The number of halogens is 2. The van der Waals surface area contributed by atoms with Crippen molar-refractivity contribution < 1.29 is 9.50 Å². The molecule has 1 unspecified atom stereocenters. The minimum absolute atomic E-state index is 0.289. The van der Waals surface area contributed by atoms with Gasteiger partial charge in [0.1, 0.15) is 12.8 Å². The molecule has 0 spiro atoms. The molecule has 0 aliphatic heterocycles. The van der Waals surface area contributed by atoms with Crippen molar-refractivity contribution in [2.75, 3.05) is 6.67 Å². The quantitative estimate of drug-likeness (QED) is 0.743. The summed E-state index contributed by atoms with van der Waals surface area (Å²) in [6.07, 6.45) is 1.70. The van der Waals surface area contributed by atoms with Crippen molar-refractivity contribution in [1.29, 1.82) is 0 Å². The van der Waals surface area contributed by atoms with E-state index in [4.69, 9.17) is 16.7 Å². The first-order valence-corrected chi connectivity index (χ1v) is 3.47. The van der Waals surface area contributed by atoms with Crippen LogP contribution in [0.2, 0.25) is 5.02 Å². The molecule has 0 aliphatic rings. The summed E-state index contributed by atoms with van der Waals surface area (Å²) in [5.41, 5.74) is 0.379. The Labute approximate surface area is 68.6 Å². The van der Waals surface area contributed by atoms with Gasteiger partial charge in [-0.15, -0.1) is 0 Å². The summed E-state index contributed by atoms with van der Waals surface area (Å²) in [5, 5.41) is 9.31. The average molecular weight is 176 g/mol. The van der Waals surface area contributed by atoms with E-state index in [1.54, 1.807) is 0 Å². The van der Waals surface area contributed by atoms with Crippen LogP contribution >= 0.6 is 11.6 Å². The Morgan fingerprint density at radius 1 is 1.73 bits per heavy atom. The van der Waals surface area contributed by atoms with E-state index in [-0.39, 0.29) is 5.02 Å². The highest BCUT2D eigenvalue weighted by Gasteiger charge is 2.09. The molecule has 0 saturated carbocycles. The zero-order valence-electron chi connectivity index (χ0n) is 5.67. The topological polar surface area (TPSA) is 33.1 Å². The minimum Gasteiger partial charge on any atom is -0.386 e. The van der Waals surface area contributed by atoms with E-state index >= 15 is 0 Å². The van der Waals surface area contributed by atoms with Crippen molar-refractivity contribution in [1.82, 2.24) is 4.98 Å². The van der Waals surface area contributed by atoms with Crippen molar-refractivity contribution in [2.24, 2.45) is 0 Å². The van der Waals surface area contributed by atoms with Gasteiger partial charge in [-0.2, -0.15) is 0 Å².